The summed E-state index contributed by atoms with van der Waals surface area (Å²) in [4.78, 5) is 0. The highest BCUT2D eigenvalue weighted by molar-refractivity contribution is 4.97. The quantitative estimate of drug-likeness (QED) is 0.717. The van der Waals surface area contributed by atoms with E-state index < -0.39 is 0 Å². The van der Waals surface area contributed by atoms with Crippen molar-refractivity contribution in [1.82, 2.24) is 5.32 Å². The van der Waals surface area contributed by atoms with Gasteiger partial charge in [0.25, 0.3) is 0 Å². The highest BCUT2D eigenvalue weighted by Gasteiger charge is 2.24. The molecule has 0 amide bonds. The number of nitrogens with one attached hydrogen (secondary N) is 1. The minimum atomic E-state index is 0.449. The Labute approximate surface area is 107 Å². The third kappa shape index (κ3) is 6.23. The molecule has 0 aromatic carbocycles. The van der Waals surface area contributed by atoms with Gasteiger partial charge in [0.1, 0.15) is 0 Å². The van der Waals surface area contributed by atoms with Crippen LogP contribution < -0.4 is 5.32 Å². The Morgan fingerprint density at radius 1 is 1.24 bits per heavy atom. The van der Waals surface area contributed by atoms with E-state index >= 15 is 0 Å². The second kappa shape index (κ2) is 7.17. The van der Waals surface area contributed by atoms with Gasteiger partial charge in [-0.3, -0.25) is 0 Å². The van der Waals surface area contributed by atoms with Crippen LogP contribution in [0.1, 0.15) is 47.0 Å². The zero-order valence-corrected chi connectivity index (χ0v) is 12.0. The van der Waals surface area contributed by atoms with Crippen molar-refractivity contribution in [2.24, 2.45) is 11.8 Å². The van der Waals surface area contributed by atoms with Crippen molar-refractivity contribution in [2.45, 2.75) is 59.1 Å². The smallest absolute Gasteiger partial charge is 0.0690 e. The van der Waals surface area contributed by atoms with Crippen molar-refractivity contribution >= 4 is 0 Å². The lowest BCUT2D eigenvalue weighted by molar-refractivity contribution is 0.0122. The Bertz CT molecular complexity index is 227. The van der Waals surface area contributed by atoms with Gasteiger partial charge in [0.05, 0.1) is 12.7 Å². The summed E-state index contributed by atoms with van der Waals surface area (Å²) in [7, 11) is 0. The maximum absolute atomic E-state index is 5.98. The fourth-order valence-electron chi connectivity index (χ4n) is 2.64. The topological polar surface area (TPSA) is 21.3 Å². The van der Waals surface area contributed by atoms with Crippen molar-refractivity contribution in [3.63, 3.8) is 0 Å². The summed E-state index contributed by atoms with van der Waals surface area (Å²) < 4.78 is 5.98. The molecule has 0 spiro atoms. The highest BCUT2D eigenvalue weighted by Crippen LogP contribution is 2.30. The predicted octanol–water partition coefficient (Wildman–Crippen LogP) is 3.38. The third-order valence-electron chi connectivity index (χ3n) is 3.42. The molecule has 2 heteroatoms. The van der Waals surface area contributed by atoms with Crippen LogP contribution in [0.5, 0.6) is 0 Å². The minimum absolute atomic E-state index is 0.449. The van der Waals surface area contributed by atoms with E-state index in [9.17, 15) is 0 Å². The van der Waals surface area contributed by atoms with E-state index in [4.69, 9.17) is 4.74 Å². The first kappa shape index (κ1) is 14.7. The van der Waals surface area contributed by atoms with E-state index in [0.717, 1.165) is 24.0 Å². The molecule has 0 aromatic rings. The van der Waals surface area contributed by atoms with Gasteiger partial charge in [0.15, 0.2) is 0 Å². The van der Waals surface area contributed by atoms with Crippen LogP contribution in [-0.4, -0.2) is 25.3 Å². The van der Waals surface area contributed by atoms with E-state index in [1.807, 2.05) is 0 Å². The minimum Gasteiger partial charge on any atom is -0.374 e. The van der Waals surface area contributed by atoms with Gasteiger partial charge in [-0.25, -0.2) is 0 Å². The summed E-state index contributed by atoms with van der Waals surface area (Å²) in [5.41, 5.74) is 1.16. The molecule has 0 heterocycles. The molecule has 1 aliphatic rings. The molecule has 100 valence electrons. The molecule has 0 saturated heterocycles. The Balaban J connectivity index is 2.18. The van der Waals surface area contributed by atoms with E-state index in [1.165, 1.54) is 19.3 Å². The first-order chi connectivity index (χ1) is 7.97. The highest BCUT2D eigenvalue weighted by atomic mass is 16.5. The molecular formula is C15H29NO. The van der Waals surface area contributed by atoms with Gasteiger partial charge >= 0.3 is 0 Å². The van der Waals surface area contributed by atoms with Crippen molar-refractivity contribution in [1.29, 1.82) is 0 Å². The summed E-state index contributed by atoms with van der Waals surface area (Å²) in [6.45, 7) is 14.6. The lowest BCUT2D eigenvalue weighted by Gasteiger charge is -2.31. The van der Waals surface area contributed by atoms with Gasteiger partial charge in [-0.1, -0.05) is 34.3 Å². The van der Waals surface area contributed by atoms with Crippen LogP contribution in [0.25, 0.3) is 0 Å². The molecule has 2 unspecified atom stereocenters. The van der Waals surface area contributed by atoms with Crippen LogP contribution in [0.2, 0.25) is 0 Å². The van der Waals surface area contributed by atoms with Gasteiger partial charge < -0.3 is 10.1 Å². The van der Waals surface area contributed by atoms with Crippen LogP contribution in [0.4, 0.5) is 0 Å². The summed E-state index contributed by atoms with van der Waals surface area (Å²) in [5.74, 6) is 1.62. The van der Waals surface area contributed by atoms with E-state index in [2.05, 4.69) is 39.6 Å². The largest absolute Gasteiger partial charge is 0.374 e. The monoisotopic (exact) mass is 239 g/mol. The summed E-state index contributed by atoms with van der Waals surface area (Å²) in [5, 5.41) is 3.37. The standard InChI is InChI=1S/C15H29NO/c1-11(2)16-9-14(5)10-17-15-7-12(3)6-13(4)8-15/h11-13,15-16H,5-10H2,1-4H3. The maximum atomic E-state index is 5.98. The lowest BCUT2D eigenvalue weighted by atomic mass is 9.82. The van der Waals surface area contributed by atoms with E-state index in [-0.39, 0.29) is 0 Å². The summed E-state index contributed by atoms with van der Waals surface area (Å²) >= 11 is 0. The van der Waals surface area contributed by atoms with Gasteiger partial charge in [-0.15, -0.1) is 0 Å². The first-order valence-electron chi connectivity index (χ1n) is 6.99. The third-order valence-corrected chi connectivity index (χ3v) is 3.42. The fraction of sp³-hybridized carbons (Fsp3) is 0.867. The van der Waals surface area contributed by atoms with Crippen LogP contribution in [0.3, 0.4) is 0 Å². The molecule has 0 aliphatic heterocycles. The van der Waals surface area contributed by atoms with Crippen LogP contribution in [-0.2, 0) is 4.74 Å². The Morgan fingerprint density at radius 2 is 1.82 bits per heavy atom. The Morgan fingerprint density at radius 3 is 2.35 bits per heavy atom. The van der Waals surface area contributed by atoms with Gasteiger partial charge in [-0.2, -0.15) is 0 Å². The molecule has 2 nitrogen and oxygen atoms in total. The van der Waals surface area contributed by atoms with Crippen molar-refractivity contribution in [3.05, 3.63) is 12.2 Å². The molecule has 1 fully saturated rings. The Kier molecular flexibility index (Phi) is 6.21. The van der Waals surface area contributed by atoms with E-state index in [1.54, 1.807) is 0 Å². The molecule has 17 heavy (non-hydrogen) atoms. The fourth-order valence-corrected chi connectivity index (χ4v) is 2.64. The average molecular weight is 239 g/mol. The normalized spacial score (nSPS) is 29.6. The molecule has 0 bridgehead atoms. The van der Waals surface area contributed by atoms with Crippen LogP contribution >= 0.6 is 0 Å². The average Bonchev–Trinajstić information content (AvgIpc) is 2.22. The Hall–Kier alpha value is -0.340. The molecule has 1 aliphatic carbocycles. The molecule has 1 N–H and O–H groups in total. The second-order valence-corrected chi connectivity index (χ2v) is 6.14. The van der Waals surface area contributed by atoms with E-state index in [0.29, 0.717) is 18.8 Å². The SMILES string of the molecule is C=C(CNC(C)C)COC1CC(C)CC(C)C1. The molecule has 1 rings (SSSR count). The molecule has 0 radical (unpaired) electrons. The zero-order valence-electron chi connectivity index (χ0n) is 12.0. The molecule has 1 saturated carbocycles. The molecule has 0 aromatic heterocycles. The first-order valence-corrected chi connectivity index (χ1v) is 6.99. The van der Waals surface area contributed by atoms with Crippen LogP contribution in [0, 0.1) is 11.8 Å². The maximum Gasteiger partial charge on any atom is 0.0690 e. The number of hydrogen-bond donors (Lipinski definition) is 1. The summed E-state index contributed by atoms with van der Waals surface area (Å²) in [6.07, 6.45) is 4.24. The zero-order chi connectivity index (χ0) is 12.8. The predicted molar refractivity (Wildman–Crippen MR) is 74.2 cm³/mol. The van der Waals surface area contributed by atoms with Gasteiger partial charge in [0.2, 0.25) is 0 Å². The number of ether oxygens (including phenoxy) is 1. The van der Waals surface area contributed by atoms with Crippen molar-refractivity contribution < 1.29 is 4.74 Å². The van der Waals surface area contributed by atoms with Crippen molar-refractivity contribution in [3.8, 4) is 0 Å². The molecular weight excluding hydrogens is 210 g/mol. The summed E-state index contributed by atoms with van der Waals surface area (Å²) in [6, 6.07) is 0.515. The number of hydrogen-bond acceptors (Lipinski definition) is 2. The van der Waals surface area contributed by atoms with Gasteiger partial charge in [0, 0.05) is 12.6 Å². The lowest BCUT2D eigenvalue weighted by Crippen LogP contribution is -2.29. The van der Waals surface area contributed by atoms with Crippen molar-refractivity contribution in [2.75, 3.05) is 13.2 Å². The number of rotatable bonds is 6. The van der Waals surface area contributed by atoms with Gasteiger partial charge in [-0.05, 0) is 36.7 Å². The molecule has 2 atom stereocenters. The van der Waals surface area contributed by atoms with Crippen LogP contribution in [0.15, 0.2) is 12.2 Å². The second-order valence-electron chi connectivity index (χ2n) is 6.14.